The van der Waals surface area contributed by atoms with Crippen LogP contribution >= 0.6 is 23.4 Å². The van der Waals surface area contributed by atoms with E-state index < -0.39 is 0 Å². The van der Waals surface area contributed by atoms with Gasteiger partial charge in [0, 0.05) is 11.4 Å². The summed E-state index contributed by atoms with van der Waals surface area (Å²) >= 11 is 7.15. The number of ether oxygens (including phenoxy) is 1. The highest BCUT2D eigenvalue weighted by Crippen LogP contribution is 2.28. The number of benzene rings is 1. The first-order valence-corrected chi connectivity index (χ1v) is 8.37. The molecule has 0 atom stereocenters. The van der Waals surface area contributed by atoms with Crippen LogP contribution in [-0.4, -0.2) is 33.6 Å². The molecule has 0 aliphatic rings. The zero-order chi connectivity index (χ0) is 16.8. The van der Waals surface area contributed by atoms with Crippen LogP contribution in [0.15, 0.2) is 23.4 Å². The largest absolute Gasteiger partial charge is 0.495 e. The SMILES string of the molecule is CCCc1nnc(SCC(=O)Nc2cc(Cl)ccc2OC)n1N. The van der Waals surface area contributed by atoms with E-state index >= 15 is 0 Å². The highest BCUT2D eigenvalue weighted by Gasteiger charge is 2.13. The van der Waals surface area contributed by atoms with Crippen LogP contribution in [0.5, 0.6) is 5.75 Å². The monoisotopic (exact) mass is 355 g/mol. The molecule has 0 saturated carbocycles. The molecule has 3 N–H and O–H groups in total. The Hall–Kier alpha value is -1.93. The van der Waals surface area contributed by atoms with Crippen molar-refractivity contribution in [3.05, 3.63) is 29.0 Å². The Morgan fingerprint density at radius 3 is 2.96 bits per heavy atom. The summed E-state index contributed by atoms with van der Waals surface area (Å²) in [5.41, 5.74) is 0.520. The van der Waals surface area contributed by atoms with Gasteiger partial charge in [0.2, 0.25) is 11.1 Å². The molecule has 124 valence electrons. The van der Waals surface area contributed by atoms with Gasteiger partial charge in [-0.3, -0.25) is 4.79 Å². The number of carbonyl (C=O) groups is 1. The Labute approximate surface area is 143 Å². The number of thioether (sulfide) groups is 1. The number of amides is 1. The lowest BCUT2D eigenvalue weighted by Gasteiger charge is -2.10. The van der Waals surface area contributed by atoms with Crippen molar-refractivity contribution in [2.24, 2.45) is 0 Å². The van der Waals surface area contributed by atoms with Gasteiger partial charge in [-0.25, -0.2) is 4.68 Å². The Morgan fingerprint density at radius 1 is 1.48 bits per heavy atom. The van der Waals surface area contributed by atoms with E-state index in [-0.39, 0.29) is 11.7 Å². The zero-order valence-electron chi connectivity index (χ0n) is 12.9. The number of halogens is 1. The number of hydrogen-bond donors (Lipinski definition) is 2. The minimum atomic E-state index is -0.212. The van der Waals surface area contributed by atoms with Crippen molar-refractivity contribution in [2.45, 2.75) is 24.9 Å². The number of rotatable bonds is 7. The molecule has 1 aromatic heterocycles. The first-order chi connectivity index (χ1) is 11.0. The smallest absolute Gasteiger partial charge is 0.234 e. The second kappa shape index (κ2) is 8.07. The summed E-state index contributed by atoms with van der Waals surface area (Å²) in [6, 6.07) is 5.02. The summed E-state index contributed by atoms with van der Waals surface area (Å²) in [5, 5.41) is 11.8. The van der Waals surface area contributed by atoms with E-state index in [1.165, 1.54) is 23.5 Å². The van der Waals surface area contributed by atoms with Crippen molar-refractivity contribution in [1.82, 2.24) is 14.9 Å². The molecule has 1 aromatic carbocycles. The van der Waals surface area contributed by atoms with E-state index in [1.807, 2.05) is 6.92 Å². The molecule has 1 heterocycles. The summed E-state index contributed by atoms with van der Waals surface area (Å²) in [7, 11) is 1.53. The van der Waals surface area contributed by atoms with E-state index in [2.05, 4.69) is 15.5 Å². The third kappa shape index (κ3) is 4.52. The number of nitrogens with zero attached hydrogens (tertiary/aromatic N) is 3. The van der Waals surface area contributed by atoms with Gasteiger partial charge in [0.15, 0.2) is 5.82 Å². The van der Waals surface area contributed by atoms with Crippen molar-refractivity contribution in [3.63, 3.8) is 0 Å². The maximum Gasteiger partial charge on any atom is 0.234 e. The number of aromatic nitrogens is 3. The first-order valence-electron chi connectivity index (χ1n) is 7.00. The van der Waals surface area contributed by atoms with Gasteiger partial charge >= 0.3 is 0 Å². The van der Waals surface area contributed by atoms with E-state index in [4.69, 9.17) is 22.2 Å². The molecular weight excluding hydrogens is 338 g/mol. The lowest BCUT2D eigenvalue weighted by molar-refractivity contribution is -0.113. The number of hydrogen-bond acceptors (Lipinski definition) is 6. The van der Waals surface area contributed by atoms with Gasteiger partial charge in [-0.15, -0.1) is 10.2 Å². The molecule has 0 radical (unpaired) electrons. The molecule has 0 fully saturated rings. The second-order valence-corrected chi connectivity index (χ2v) is 6.08. The molecule has 0 saturated heterocycles. The normalized spacial score (nSPS) is 10.6. The summed E-state index contributed by atoms with van der Waals surface area (Å²) in [6.45, 7) is 2.04. The average Bonchev–Trinajstić information content (AvgIpc) is 2.87. The first kappa shape index (κ1) is 17.4. The minimum Gasteiger partial charge on any atom is -0.495 e. The third-order valence-corrected chi connectivity index (χ3v) is 4.15. The van der Waals surface area contributed by atoms with Crippen molar-refractivity contribution < 1.29 is 9.53 Å². The Balaban J connectivity index is 1.97. The molecule has 23 heavy (non-hydrogen) atoms. The van der Waals surface area contributed by atoms with Gasteiger partial charge in [-0.05, 0) is 24.6 Å². The minimum absolute atomic E-state index is 0.150. The summed E-state index contributed by atoms with van der Waals surface area (Å²) in [6.07, 6.45) is 1.67. The molecule has 1 amide bonds. The van der Waals surface area contributed by atoms with Crippen LogP contribution in [0.2, 0.25) is 5.02 Å². The fourth-order valence-electron chi connectivity index (χ4n) is 1.89. The van der Waals surface area contributed by atoms with E-state index in [1.54, 1.807) is 18.2 Å². The van der Waals surface area contributed by atoms with Gasteiger partial charge in [0.25, 0.3) is 0 Å². The van der Waals surface area contributed by atoms with E-state index in [0.717, 1.165) is 12.8 Å². The van der Waals surface area contributed by atoms with Gasteiger partial charge in [-0.1, -0.05) is 30.3 Å². The van der Waals surface area contributed by atoms with Gasteiger partial charge in [0.1, 0.15) is 5.75 Å². The zero-order valence-corrected chi connectivity index (χ0v) is 14.4. The number of nitrogens with two attached hydrogens (primary N) is 1. The Kier molecular flexibility index (Phi) is 6.12. The fourth-order valence-corrected chi connectivity index (χ4v) is 2.74. The molecule has 0 bridgehead atoms. The molecule has 2 rings (SSSR count). The molecule has 2 aromatic rings. The summed E-state index contributed by atoms with van der Waals surface area (Å²) in [4.78, 5) is 12.1. The van der Waals surface area contributed by atoms with Crippen LogP contribution in [0.25, 0.3) is 0 Å². The number of anilines is 1. The number of carbonyl (C=O) groups excluding carboxylic acids is 1. The molecule has 0 spiro atoms. The van der Waals surface area contributed by atoms with Crippen LogP contribution in [-0.2, 0) is 11.2 Å². The van der Waals surface area contributed by atoms with Gasteiger partial charge in [0.05, 0.1) is 18.6 Å². The fraction of sp³-hybridized carbons (Fsp3) is 0.357. The van der Waals surface area contributed by atoms with Crippen LogP contribution in [0.1, 0.15) is 19.2 Å². The predicted molar refractivity (Wildman–Crippen MR) is 91.5 cm³/mol. The Bertz CT molecular complexity index is 692. The number of nitrogen functional groups attached to an aromatic ring is 1. The molecule has 0 unspecified atom stereocenters. The van der Waals surface area contributed by atoms with Crippen molar-refractivity contribution in [2.75, 3.05) is 24.0 Å². The lowest BCUT2D eigenvalue weighted by Crippen LogP contribution is -2.17. The average molecular weight is 356 g/mol. The molecule has 7 nitrogen and oxygen atoms in total. The van der Waals surface area contributed by atoms with Crippen molar-refractivity contribution in [1.29, 1.82) is 0 Å². The van der Waals surface area contributed by atoms with Crippen LogP contribution in [0, 0.1) is 0 Å². The molecule has 0 aliphatic heterocycles. The van der Waals surface area contributed by atoms with E-state index in [9.17, 15) is 4.79 Å². The number of nitrogens with one attached hydrogen (secondary N) is 1. The van der Waals surface area contributed by atoms with Crippen molar-refractivity contribution in [3.8, 4) is 5.75 Å². The molecular formula is C14H18ClN5O2S. The quantitative estimate of drug-likeness (QED) is 0.584. The lowest BCUT2D eigenvalue weighted by atomic mass is 10.3. The number of aryl methyl sites for hydroxylation is 1. The maximum absolute atomic E-state index is 12.1. The topological polar surface area (TPSA) is 95.1 Å². The maximum atomic E-state index is 12.1. The molecule has 9 heteroatoms. The second-order valence-electron chi connectivity index (χ2n) is 4.70. The van der Waals surface area contributed by atoms with Crippen LogP contribution in [0.4, 0.5) is 5.69 Å². The predicted octanol–water partition coefficient (Wildman–Crippen LogP) is 2.34. The molecule has 0 aliphatic carbocycles. The van der Waals surface area contributed by atoms with Gasteiger partial charge < -0.3 is 15.9 Å². The van der Waals surface area contributed by atoms with Crippen LogP contribution in [0.3, 0.4) is 0 Å². The highest BCUT2D eigenvalue weighted by molar-refractivity contribution is 7.99. The van der Waals surface area contributed by atoms with Crippen LogP contribution < -0.4 is 15.9 Å². The van der Waals surface area contributed by atoms with Gasteiger partial charge in [-0.2, -0.15) is 0 Å². The number of methoxy groups -OCH3 is 1. The third-order valence-electron chi connectivity index (χ3n) is 2.98. The summed E-state index contributed by atoms with van der Waals surface area (Å²) in [5.74, 6) is 7.08. The Morgan fingerprint density at radius 2 is 2.26 bits per heavy atom. The highest BCUT2D eigenvalue weighted by atomic mass is 35.5. The van der Waals surface area contributed by atoms with E-state index in [0.29, 0.717) is 27.4 Å². The van der Waals surface area contributed by atoms with Crippen molar-refractivity contribution >= 4 is 35.0 Å². The summed E-state index contributed by atoms with van der Waals surface area (Å²) < 4.78 is 6.60. The standard InChI is InChI=1S/C14H18ClN5O2S/c1-3-4-12-18-19-14(20(12)16)23-8-13(21)17-10-7-9(15)5-6-11(10)22-2/h5-7H,3-4,8,16H2,1-2H3,(H,17,21).